The minimum Gasteiger partial charge on any atom is -0.507 e. The standard InChI is InChI=1S/C14H17NO2/c1-10-6-8-15(9-7-10)14(17)12-5-3-4-11(2)13(12)16/h3-6,16H,7-9H2,1-2H3. The van der Waals surface area contributed by atoms with Crippen molar-refractivity contribution in [2.24, 2.45) is 0 Å². The summed E-state index contributed by atoms with van der Waals surface area (Å²) in [5, 5.41) is 9.89. The fourth-order valence-corrected chi connectivity index (χ4v) is 1.96. The van der Waals surface area contributed by atoms with Crippen LogP contribution in [0, 0.1) is 6.92 Å². The predicted molar refractivity (Wildman–Crippen MR) is 67.1 cm³/mol. The summed E-state index contributed by atoms with van der Waals surface area (Å²) in [7, 11) is 0. The van der Waals surface area contributed by atoms with Gasteiger partial charge in [-0.1, -0.05) is 23.8 Å². The van der Waals surface area contributed by atoms with E-state index < -0.39 is 0 Å². The molecular formula is C14H17NO2. The van der Waals surface area contributed by atoms with E-state index in [2.05, 4.69) is 13.0 Å². The summed E-state index contributed by atoms with van der Waals surface area (Å²) >= 11 is 0. The van der Waals surface area contributed by atoms with Gasteiger partial charge in [0.05, 0.1) is 5.56 Å². The van der Waals surface area contributed by atoms with Gasteiger partial charge in [-0.15, -0.1) is 0 Å². The Hall–Kier alpha value is -1.77. The van der Waals surface area contributed by atoms with Crippen molar-refractivity contribution in [3.05, 3.63) is 41.0 Å². The largest absolute Gasteiger partial charge is 0.507 e. The van der Waals surface area contributed by atoms with Gasteiger partial charge >= 0.3 is 0 Å². The van der Waals surface area contributed by atoms with Crippen LogP contribution in [0.1, 0.15) is 29.3 Å². The number of aryl methyl sites for hydroxylation is 1. The molecule has 1 N–H and O–H groups in total. The van der Waals surface area contributed by atoms with Crippen molar-refractivity contribution in [3.8, 4) is 5.75 Å². The maximum Gasteiger partial charge on any atom is 0.257 e. The zero-order valence-electron chi connectivity index (χ0n) is 10.2. The molecule has 2 rings (SSSR count). The minimum atomic E-state index is -0.0880. The molecule has 1 aliphatic rings. The average Bonchev–Trinajstić information content (AvgIpc) is 2.33. The first-order valence-corrected chi connectivity index (χ1v) is 5.83. The third-order valence-corrected chi connectivity index (χ3v) is 3.19. The van der Waals surface area contributed by atoms with Crippen molar-refractivity contribution in [3.63, 3.8) is 0 Å². The van der Waals surface area contributed by atoms with E-state index in [0.717, 1.165) is 18.5 Å². The smallest absolute Gasteiger partial charge is 0.257 e. The Morgan fingerprint density at radius 1 is 1.35 bits per heavy atom. The van der Waals surface area contributed by atoms with Crippen LogP contribution in [0.5, 0.6) is 5.75 Å². The lowest BCUT2D eigenvalue weighted by Gasteiger charge is -2.26. The Kier molecular flexibility index (Phi) is 3.18. The maximum absolute atomic E-state index is 12.2. The molecule has 90 valence electrons. The van der Waals surface area contributed by atoms with Crippen molar-refractivity contribution in [1.82, 2.24) is 4.90 Å². The molecule has 1 aromatic rings. The second kappa shape index (κ2) is 4.62. The van der Waals surface area contributed by atoms with Gasteiger partial charge in [0.25, 0.3) is 5.91 Å². The number of aromatic hydroxyl groups is 1. The van der Waals surface area contributed by atoms with Crippen LogP contribution >= 0.6 is 0 Å². The highest BCUT2D eigenvalue weighted by atomic mass is 16.3. The highest BCUT2D eigenvalue weighted by molar-refractivity contribution is 5.97. The summed E-state index contributed by atoms with van der Waals surface area (Å²) < 4.78 is 0. The lowest BCUT2D eigenvalue weighted by atomic mass is 10.1. The van der Waals surface area contributed by atoms with E-state index in [4.69, 9.17) is 0 Å². The van der Waals surface area contributed by atoms with Crippen molar-refractivity contribution in [2.75, 3.05) is 13.1 Å². The Bertz CT molecular complexity index is 477. The summed E-state index contributed by atoms with van der Waals surface area (Å²) in [6.07, 6.45) is 2.98. The number of benzene rings is 1. The van der Waals surface area contributed by atoms with E-state index >= 15 is 0 Å². The number of amides is 1. The van der Waals surface area contributed by atoms with E-state index in [1.165, 1.54) is 5.57 Å². The van der Waals surface area contributed by atoms with Crippen LogP contribution in [0.2, 0.25) is 0 Å². The van der Waals surface area contributed by atoms with Crippen LogP contribution in [0.15, 0.2) is 29.8 Å². The number of nitrogens with zero attached hydrogens (tertiary/aromatic N) is 1. The average molecular weight is 231 g/mol. The van der Waals surface area contributed by atoms with Gasteiger partial charge in [0.2, 0.25) is 0 Å². The van der Waals surface area contributed by atoms with Gasteiger partial charge in [-0.3, -0.25) is 4.79 Å². The molecule has 0 fully saturated rings. The summed E-state index contributed by atoms with van der Waals surface area (Å²) in [6.45, 7) is 5.24. The molecule has 0 atom stereocenters. The fraction of sp³-hybridized carbons (Fsp3) is 0.357. The van der Waals surface area contributed by atoms with Gasteiger partial charge < -0.3 is 10.0 Å². The van der Waals surface area contributed by atoms with Crippen LogP contribution in [-0.2, 0) is 0 Å². The Labute approximate surface area is 101 Å². The van der Waals surface area contributed by atoms with E-state index in [-0.39, 0.29) is 11.7 Å². The topological polar surface area (TPSA) is 40.5 Å². The minimum absolute atomic E-state index is 0.0880. The SMILES string of the molecule is CC1=CCN(C(=O)c2cccc(C)c2O)CC1. The number of hydrogen-bond acceptors (Lipinski definition) is 2. The third kappa shape index (κ3) is 2.33. The quantitative estimate of drug-likeness (QED) is 0.754. The van der Waals surface area contributed by atoms with Crippen LogP contribution < -0.4 is 0 Å². The van der Waals surface area contributed by atoms with Gasteiger partial charge in [0, 0.05) is 13.1 Å². The molecule has 17 heavy (non-hydrogen) atoms. The Balaban J connectivity index is 2.23. The second-order valence-corrected chi connectivity index (χ2v) is 4.52. The van der Waals surface area contributed by atoms with Gasteiger partial charge in [-0.2, -0.15) is 0 Å². The van der Waals surface area contributed by atoms with Crippen molar-refractivity contribution in [2.45, 2.75) is 20.3 Å². The number of rotatable bonds is 1. The van der Waals surface area contributed by atoms with Crippen LogP contribution in [0.25, 0.3) is 0 Å². The summed E-state index contributed by atoms with van der Waals surface area (Å²) in [6, 6.07) is 5.27. The number of phenolic OH excluding ortho intramolecular Hbond substituents is 1. The predicted octanol–water partition coefficient (Wildman–Crippen LogP) is 2.49. The van der Waals surface area contributed by atoms with Crippen LogP contribution in [-0.4, -0.2) is 29.0 Å². The number of hydrogen-bond donors (Lipinski definition) is 1. The zero-order valence-corrected chi connectivity index (χ0v) is 10.2. The van der Waals surface area contributed by atoms with E-state index in [1.54, 1.807) is 30.0 Å². The fourth-order valence-electron chi connectivity index (χ4n) is 1.96. The molecule has 0 radical (unpaired) electrons. The molecule has 3 heteroatoms. The third-order valence-electron chi connectivity index (χ3n) is 3.19. The maximum atomic E-state index is 12.2. The van der Waals surface area contributed by atoms with Gasteiger partial charge in [0.15, 0.2) is 0 Å². The van der Waals surface area contributed by atoms with Crippen molar-refractivity contribution >= 4 is 5.91 Å². The molecule has 1 amide bonds. The molecule has 0 saturated carbocycles. The molecule has 0 unspecified atom stereocenters. The highest BCUT2D eigenvalue weighted by Crippen LogP contribution is 2.24. The summed E-state index contributed by atoms with van der Waals surface area (Å²) in [5.41, 5.74) is 2.46. The number of carbonyl (C=O) groups is 1. The molecular weight excluding hydrogens is 214 g/mol. The molecule has 0 bridgehead atoms. The molecule has 0 aliphatic carbocycles. The molecule has 0 saturated heterocycles. The molecule has 3 nitrogen and oxygen atoms in total. The number of para-hydroxylation sites is 1. The number of carbonyl (C=O) groups excluding carboxylic acids is 1. The monoisotopic (exact) mass is 231 g/mol. The lowest BCUT2D eigenvalue weighted by Crippen LogP contribution is -2.34. The van der Waals surface area contributed by atoms with Crippen molar-refractivity contribution < 1.29 is 9.90 Å². The molecule has 0 aromatic heterocycles. The van der Waals surface area contributed by atoms with E-state index in [1.807, 2.05) is 0 Å². The molecule has 0 spiro atoms. The molecule has 1 aliphatic heterocycles. The summed E-state index contributed by atoms with van der Waals surface area (Å²) in [5.74, 6) is 0.0127. The zero-order chi connectivity index (χ0) is 12.4. The van der Waals surface area contributed by atoms with Crippen LogP contribution in [0.4, 0.5) is 0 Å². The Morgan fingerprint density at radius 3 is 2.76 bits per heavy atom. The normalized spacial score (nSPS) is 15.6. The first-order valence-electron chi connectivity index (χ1n) is 5.83. The van der Waals surface area contributed by atoms with Gasteiger partial charge in [-0.05, 0) is 31.9 Å². The Morgan fingerprint density at radius 2 is 2.12 bits per heavy atom. The van der Waals surface area contributed by atoms with Crippen LogP contribution in [0.3, 0.4) is 0 Å². The lowest BCUT2D eigenvalue weighted by molar-refractivity contribution is 0.0766. The number of phenols is 1. The first kappa shape index (κ1) is 11.7. The van der Waals surface area contributed by atoms with E-state index in [9.17, 15) is 9.90 Å². The van der Waals surface area contributed by atoms with Gasteiger partial charge in [0.1, 0.15) is 5.75 Å². The van der Waals surface area contributed by atoms with Crippen molar-refractivity contribution in [1.29, 1.82) is 0 Å². The van der Waals surface area contributed by atoms with E-state index in [0.29, 0.717) is 12.1 Å². The second-order valence-electron chi connectivity index (χ2n) is 4.52. The molecule has 1 aromatic carbocycles. The van der Waals surface area contributed by atoms with Gasteiger partial charge in [-0.25, -0.2) is 0 Å². The highest BCUT2D eigenvalue weighted by Gasteiger charge is 2.20. The first-order chi connectivity index (χ1) is 8.09. The summed E-state index contributed by atoms with van der Waals surface area (Å²) in [4.78, 5) is 14.0. The molecule has 1 heterocycles.